The second-order valence-electron chi connectivity index (χ2n) is 5.22. The Balaban J connectivity index is 1.53. The first kappa shape index (κ1) is 16.8. The number of sulfonamides is 1. The summed E-state index contributed by atoms with van der Waals surface area (Å²) >= 11 is 1.72. The van der Waals surface area contributed by atoms with E-state index in [1.54, 1.807) is 23.9 Å². The number of hydrogen-bond acceptors (Lipinski definition) is 4. The lowest BCUT2D eigenvalue weighted by molar-refractivity contribution is 0.343. The maximum Gasteiger partial charge on any atom is 0.238 e. The molecule has 6 heteroatoms. The smallest absolute Gasteiger partial charge is 0.238 e. The molecule has 3 aromatic rings. The number of benzene rings is 3. The molecule has 0 atom stereocenters. The van der Waals surface area contributed by atoms with Crippen LogP contribution in [0, 0.1) is 0 Å². The van der Waals surface area contributed by atoms with Gasteiger partial charge < -0.3 is 4.74 Å². The first-order chi connectivity index (χ1) is 11.5. The average Bonchev–Trinajstić information content (AvgIpc) is 2.58. The Morgan fingerprint density at radius 1 is 0.917 bits per heavy atom. The first-order valence-corrected chi connectivity index (χ1v) is 9.93. The number of rotatable bonds is 6. The minimum absolute atomic E-state index is 0.0837. The number of ether oxygens (including phenoxy) is 1. The standard InChI is InChI=1S/C18H17NO3S2/c19-24(20,21)18-9-6-16(7-10-18)22-11-12-23-17-8-5-14-3-1-2-4-15(14)13-17/h1-10,13H,11-12H2,(H2,19,20,21). The molecule has 0 aromatic heterocycles. The van der Waals surface area contributed by atoms with Gasteiger partial charge in [-0.05, 0) is 47.2 Å². The van der Waals surface area contributed by atoms with Crippen molar-refractivity contribution in [2.75, 3.05) is 12.4 Å². The third-order valence-electron chi connectivity index (χ3n) is 3.49. The van der Waals surface area contributed by atoms with Gasteiger partial charge in [-0.2, -0.15) is 0 Å². The summed E-state index contributed by atoms with van der Waals surface area (Å²) in [7, 11) is -3.66. The Kier molecular flexibility index (Phi) is 5.08. The molecule has 0 spiro atoms. The predicted molar refractivity (Wildman–Crippen MR) is 98.0 cm³/mol. The summed E-state index contributed by atoms with van der Waals surface area (Å²) in [5.74, 6) is 1.43. The first-order valence-electron chi connectivity index (χ1n) is 7.40. The Hall–Kier alpha value is -2.02. The van der Waals surface area contributed by atoms with Gasteiger partial charge in [0.05, 0.1) is 11.5 Å². The van der Waals surface area contributed by atoms with Gasteiger partial charge in [-0.15, -0.1) is 11.8 Å². The van der Waals surface area contributed by atoms with E-state index in [0.717, 1.165) is 5.75 Å². The van der Waals surface area contributed by atoms with Crippen molar-refractivity contribution >= 4 is 32.6 Å². The van der Waals surface area contributed by atoms with Crippen LogP contribution in [-0.4, -0.2) is 20.8 Å². The lowest BCUT2D eigenvalue weighted by Gasteiger charge is -2.07. The molecular weight excluding hydrogens is 342 g/mol. The number of fused-ring (bicyclic) bond motifs is 1. The molecule has 0 aliphatic heterocycles. The van der Waals surface area contributed by atoms with Gasteiger partial charge in [0, 0.05) is 10.6 Å². The van der Waals surface area contributed by atoms with Crippen LogP contribution in [0.5, 0.6) is 5.75 Å². The topological polar surface area (TPSA) is 69.4 Å². The van der Waals surface area contributed by atoms with Gasteiger partial charge >= 0.3 is 0 Å². The molecule has 0 bridgehead atoms. The number of hydrogen-bond donors (Lipinski definition) is 1. The van der Waals surface area contributed by atoms with E-state index in [2.05, 4.69) is 30.3 Å². The second kappa shape index (κ2) is 7.25. The highest BCUT2D eigenvalue weighted by Gasteiger charge is 2.06. The zero-order valence-corrected chi connectivity index (χ0v) is 14.5. The van der Waals surface area contributed by atoms with Crippen LogP contribution in [0.2, 0.25) is 0 Å². The van der Waals surface area contributed by atoms with Crippen LogP contribution in [0.1, 0.15) is 0 Å². The van der Waals surface area contributed by atoms with E-state index in [4.69, 9.17) is 9.88 Å². The highest BCUT2D eigenvalue weighted by atomic mass is 32.2. The molecule has 0 amide bonds. The van der Waals surface area contributed by atoms with E-state index >= 15 is 0 Å². The Morgan fingerprint density at radius 2 is 1.62 bits per heavy atom. The Morgan fingerprint density at radius 3 is 2.33 bits per heavy atom. The summed E-state index contributed by atoms with van der Waals surface area (Å²) < 4.78 is 28.0. The van der Waals surface area contributed by atoms with Crippen molar-refractivity contribution in [2.45, 2.75) is 9.79 Å². The van der Waals surface area contributed by atoms with Crippen LogP contribution in [0.25, 0.3) is 10.8 Å². The average molecular weight is 359 g/mol. The monoisotopic (exact) mass is 359 g/mol. The fourth-order valence-electron chi connectivity index (χ4n) is 2.30. The molecule has 4 nitrogen and oxygen atoms in total. The van der Waals surface area contributed by atoms with E-state index in [1.807, 2.05) is 12.1 Å². The van der Waals surface area contributed by atoms with Crippen LogP contribution in [0.15, 0.2) is 76.5 Å². The Bertz CT molecular complexity index is 938. The zero-order chi connectivity index (χ0) is 17.0. The van der Waals surface area contributed by atoms with Gasteiger partial charge in [-0.3, -0.25) is 0 Å². The molecule has 2 N–H and O–H groups in total. The largest absolute Gasteiger partial charge is 0.493 e. The highest BCUT2D eigenvalue weighted by molar-refractivity contribution is 7.99. The Labute approximate surface area is 145 Å². The van der Waals surface area contributed by atoms with Crippen molar-refractivity contribution in [2.24, 2.45) is 5.14 Å². The normalized spacial score (nSPS) is 11.5. The molecule has 0 radical (unpaired) electrons. The lowest BCUT2D eigenvalue weighted by atomic mass is 10.1. The minimum atomic E-state index is -3.66. The fourth-order valence-corrected chi connectivity index (χ4v) is 3.59. The third kappa shape index (κ3) is 4.29. The highest BCUT2D eigenvalue weighted by Crippen LogP contribution is 2.23. The van der Waals surface area contributed by atoms with Crippen molar-refractivity contribution in [1.29, 1.82) is 0 Å². The number of nitrogens with two attached hydrogens (primary N) is 1. The van der Waals surface area contributed by atoms with E-state index in [9.17, 15) is 8.42 Å². The third-order valence-corrected chi connectivity index (χ3v) is 5.38. The number of thioether (sulfide) groups is 1. The SMILES string of the molecule is NS(=O)(=O)c1ccc(OCCSc2ccc3ccccc3c2)cc1. The van der Waals surface area contributed by atoms with E-state index in [0.29, 0.717) is 12.4 Å². The molecule has 0 fully saturated rings. The van der Waals surface area contributed by atoms with Gasteiger partial charge in [-0.1, -0.05) is 30.3 Å². The summed E-state index contributed by atoms with van der Waals surface area (Å²) in [6.45, 7) is 0.534. The summed E-state index contributed by atoms with van der Waals surface area (Å²) in [4.78, 5) is 1.28. The van der Waals surface area contributed by atoms with Crippen LogP contribution >= 0.6 is 11.8 Å². The summed E-state index contributed by atoms with van der Waals surface area (Å²) in [5.41, 5.74) is 0. The molecule has 24 heavy (non-hydrogen) atoms. The van der Waals surface area contributed by atoms with Crippen molar-refractivity contribution < 1.29 is 13.2 Å². The molecule has 3 aromatic carbocycles. The lowest BCUT2D eigenvalue weighted by Crippen LogP contribution is -2.11. The maximum atomic E-state index is 11.2. The van der Waals surface area contributed by atoms with Crippen LogP contribution in [0.3, 0.4) is 0 Å². The van der Waals surface area contributed by atoms with Crippen LogP contribution in [-0.2, 0) is 10.0 Å². The molecule has 0 saturated carbocycles. The van der Waals surface area contributed by atoms with Gasteiger partial charge in [0.25, 0.3) is 0 Å². The van der Waals surface area contributed by atoms with Gasteiger partial charge in [0.2, 0.25) is 10.0 Å². The fraction of sp³-hybridized carbons (Fsp3) is 0.111. The maximum absolute atomic E-state index is 11.2. The number of primary sulfonamides is 1. The summed E-state index contributed by atoms with van der Waals surface area (Å²) in [6, 6.07) is 20.8. The second-order valence-corrected chi connectivity index (χ2v) is 7.95. The van der Waals surface area contributed by atoms with Crippen LogP contribution < -0.4 is 9.88 Å². The summed E-state index contributed by atoms with van der Waals surface area (Å²) in [5, 5.41) is 7.51. The summed E-state index contributed by atoms with van der Waals surface area (Å²) in [6.07, 6.45) is 0. The van der Waals surface area contributed by atoms with Crippen molar-refractivity contribution in [3.05, 3.63) is 66.7 Å². The molecule has 124 valence electrons. The zero-order valence-electron chi connectivity index (χ0n) is 12.9. The van der Waals surface area contributed by atoms with Crippen LogP contribution in [0.4, 0.5) is 0 Å². The van der Waals surface area contributed by atoms with Gasteiger partial charge in [-0.25, -0.2) is 13.6 Å². The van der Waals surface area contributed by atoms with Gasteiger partial charge in [0.1, 0.15) is 5.75 Å². The molecule has 0 saturated heterocycles. The van der Waals surface area contributed by atoms with E-state index < -0.39 is 10.0 Å². The molecule has 0 aliphatic carbocycles. The molecule has 0 unspecified atom stereocenters. The molecular formula is C18H17NO3S2. The minimum Gasteiger partial charge on any atom is -0.493 e. The van der Waals surface area contributed by atoms with Crippen molar-refractivity contribution in [3.63, 3.8) is 0 Å². The van der Waals surface area contributed by atoms with E-state index in [1.165, 1.54) is 27.8 Å². The molecule has 3 rings (SSSR count). The molecule has 0 aliphatic rings. The molecule has 0 heterocycles. The van der Waals surface area contributed by atoms with Crippen molar-refractivity contribution in [3.8, 4) is 5.75 Å². The predicted octanol–water partition coefficient (Wildman–Crippen LogP) is 3.66. The van der Waals surface area contributed by atoms with Crippen molar-refractivity contribution in [1.82, 2.24) is 0 Å². The van der Waals surface area contributed by atoms with Gasteiger partial charge in [0.15, 0.2) is 0 Å². The quantitative estimate of drug-likeness (QED) is 0.539. The van der Waals surface area contributed by atoms with E-state index in [-0.39, 0.29) is 4.90 Å².